The van der Waals surface area contributed by atoms with Crippen LogP contribution < -0.4 is 0 Å². The highest BCUT2D eigenvalue weighted by Gasteiger charge is 2.39. The van der Waals surface area contributed by atoms with E-state index in [2.05, 4.69) is 0 Å². The third kappa shape index (κ3) is 2.00. The number of hydrogen-bond acceptors (Lipinski definition) is 4. The minimum atomic E-state index is -0.814. The van der Waals surface area contributed by atoms with Crippen LogP contribution in [-0.4, -0.2) is 59.0 Å². The van der Waals surface area contributed by atoms with Crippen molar-refractivity contribution < 1.29 is 19.7 Å². The number of nitrogens with zero attached hydrogens (tertiary/aromatic N) is 1. The molecule has 0 aliphatic carbocycles. The lowest BCUT2D eigenvalue weighted by Gasteiger charge is -2.21. The Balaban J connectivity index is 1.97. The third-order valence-corrected chi connectivity index (χ3v) is 3.20. The molecule has 0 aromatic rings. The molecule has 2 aliphatic heterocycles. The molecule has 0 radical (unpaired) electrons. The molecular formula is C10H17NO4. The first-order valence-electron chi connectivity index (χ1n) is 5.36. The average Bonchev–Trinajstić information content (AvgIpc) is 2.74. The predicted molar refractivity (Wildman–Crippen MR) is 52.1 cm³/mol. The summed E-state index contributed by atoms with van der Waals surface area (Å²) in [5.74, 6) is 0.128. The standard InChI is InChI=1S/C10H17NO4/c1-6-2-3-15-9(6)10(14)11-4-7(12)8(13)5-11/h6-9,12-13H,2-5H2,1H3. The zero-order valence-electron chi connectivity index (χ0n) is 8.80. The van der Waals surface area contributed by atoms with Gasteiger partial charge >= 0.3 is 0 Å². The second-order valence-corrected chi connectivity index (χ2v) is 4.44. The van der Waals surface area contributed by atoms with E-state index in [0.29, 0.717) is 6.61 Å². The summed E-state index contributed by atoms with van der Waals surface area (Å²) in [4.78, 5) is 13.4. The molecule has 0 aromatic carbocycles. The summed E-state index contributed by atoms with van der Waals surface area (Å²) >= 11 is 0. The summed E-state index contributed by atoms with van der Waals surface area (Å²) in [7, 11) is 0. The molecule has 15 heavy (non-hydrogen) atoms. The Morgan fingerprint density at radius 1 is 1.33 bits per heavy atom. The number of amides is 1. The number of carbonyl (C=O) groups is 1. The second kappa shape index (κ2) is 4.08. The first-order valence-corrected chi connectivity index (χ1v) is 5.36. The van der Waals surface area contributed by atoms with Crippen LogP contribution in [0.15, 0.2) is 0 Å². The van der Waals surface area contributed by atoms with Crippen LogP contribution in [0.25, 0.3) is 0 Å². The highest BCUT2D eigenvalue weighted by Crippen LogP contribution is 2.23. The van der Waals surface area contributed by atoms with E-state index in [9.17, 15) is 15.0 Å². The first kappa shape index (κ1) is 10.9. The van der Waals surface area contributed by atoms with Crippen LogP contribution in [0.2, 0.25) is 0 Å². The molecule has 2 heterocycles. The minimum Gasteiger partial charge on any atom is -0.388 e. The third-order valence-electron chi connectivity index (χ3n) is 3.20. The molecule has 5 nitrogen and oxygen atoms in total. The van der Waals surface area contributed by atoms with E-state index in [0.717, 1.165) is 6.42 Å². The van der Waals surface area contributed by atoms with Crippen molar-refractivity contribution in [2.24, 2.45) is 5.92 Å². The number of rotatable bonds is 1. The van der Waals surface area contributed by atoms with Crippen LogP contribution >= 0.6 is 0 Å². The molecule has 0 bridgehead atoms. The van der Waals surface area contributed by atoms with Gasteiger partial charge in [-0.1, -0.05) is 6.92 Å². The Morgan fingerprint density at radius 2 is 1.93 bits per heavy atom. The molecule has 4 unspecified atom stereocenters. The monoisotopic (exact) mass is 215 g/mol. The van der Waals surface area contributed by atoms with E-state index in [-0.39, 0.29) is 31.0 Å². The first-order chi connectivity index (χ1) is 7.09. The average molecular weight is 215 g/mol. The van der Waals surface area contributed by atoms with E-state index in [1.807, 2.05) is 6.92 Å². The second-order valence-electron chi connectivity index (χ2n) is 4.44. The van der Waals surface area contributed by atoms with Gasteiger partial charge in [0.2, 0.25) is 0 Å². The Morgan fingerprint density at radius 3 is 2.40 bits per heavy atom. The molecule has 2 fully saturated rings. The number of β-amino-alcohol motifs (C(OH)–C–C–N with tert-alkyl or cyclic N) is 2. The molecule has 4 atom stereocenters. The maximum atomic E-state index is 11.9. The van der Waals surface area contributed by atoms with Gasteiger partial charge in [-0.2, -0.15) is 0 Å². The maximum absolute atomic E-state index is 11.9. The molecule has 5 heteroatoms. The van der Waals surface area contributed by atoms with Crippen LogP contribution in [0, 0.1) is 5.92 Å². The molecular weight excluding hydrogens is 198 g/mol. The van der Waals surface area contributed by atoms with Gasteiger partial charge in [-0.05, 0) is 12.3 Å². The topological polar surface area (TPSA) is 70.0 Å². The van der Waals surface area contributed by atoms with Crippen LogP contribution in [0.4, 0.5) is 0 Å². The van der Waals surface area contributed by atoms with Gasteiger partial charge in [0.05, 0.1) is 12.2 Å². The summed E-state index contributed by atoms with van der Waals surface area (Å²) < 4.78 is 5.36. The van der Waals surface area contributed by atoms with E-state index >= 15 is 0 Å². The molecule has 1 amide bonds. The van der Waals surface area contributed by atoms with Gasteiger partial charge in [-0.15, -0.1) is 0 Å². The van der Waals surface area contributed by atoms with Crippen LogP contribution in [0.5, 0.6) is 0 Å². The predicted octanol–water partition coefficient (Wildman–Crippen LogP) is -1.02. The van der Waals surface area contributed by atoms with Crippen LogP contribution in [0.1, 0.15) is 13.3 Å². The van der Waals surface area contributed by atoms with Crippen molar-refractivity contribution in [1.29, 1.82) is 0 Å². The van der Waals surface area contributed by atoms with Crippen molar-refractivity contribution >= 4 is 5.91 Å². The molecule has 0 spiro atoms. The van der Waals surface area contributed by atoms with Crippen LogP contribution in [-0.2, 0) is 9.53 Å². The number of hydrogen-bond donors (Lipinski definition) is 2. The molecule has 0 aromatic heterocycles. The minimum absolute atomic E-state index is 0.101. The van der Waals surface area contributed by atoms with Gasteiger partial charge in [0.25, 0.3) is 5.91 Å². The summed E-state index contributed by atoms with van der Waals surface area (Å²) in [6.45, 7) is 3.04. The molecule has 2 rings (SSSR count). The van der Waals surface area contributed by atoms with Crippen molar-refractivity contribution in [3.63, 3.8) is 0 Å². The lowest BCUT2D eigenvalue weighted by molar-refractivity contribution is -0.141. The smallest absolute Gasteiger partial charge is 0.252 e. The van der Waals surface area contributed by atoms with Gasteiger partial charge in [0, 0.05) is 19.7 Å². The largest absolute Gasteiger partial charge is 0.388 e. The normalized spacial score (nSPS) is 41.1. The maximum Gasteiger partial charge on any atom is 0.252 e. The number of ether oxygens (including phenoxy) is 1. The SMILES string of the molecule is CC1CCOC1C(=O)N1CC(O)C(O)C1. The number of carbonyl (C=O) groups excluding carboxylic acids is 1. The molecule has 86 valence electrons. The van der Waals surface area contributed by atoms with E-state index < -0.39 is 12.2 Å². The fourth-order valence-electron chi connectivity index (χ4n) is 2.14. The fraction of sp³-hybridized carbons (Fsp3) is 0.900. The number of likely N-dealkylation sites (tertiary alicyclic amines) is 1. The molecule has 0 saturated carbocycles. The lowest BCUT2D eigenvalue weighted by Crippen LogP contribution is -2.40. The summed E-state index contributed by atoms with van der Waals surface area (Å²) in [5.41, 5.74) is 0. The summed E-state index contributed by atoms with van der Waals surface area (Å²) in [5, 5.41) is 18.7. The Hall–Kier alpha value is -0.650. The van der Waals surface area contributed by atoms with Crippen molar-refractivity contribution in [3.05, 3.63) is 0 Å². The number of aliphatic hydroxyl groups is 2. The van der Waals surface area contributed by atoms with Gasteiger partial charge < -0.3 is 19.8 Å². The zero-order valence-corrected chi connectivity index (χ0v) is 8.80. The lowest BCUT2D eigenvalue weighted by atomic mass is 10.0. The number of aliphatic hydroxyl groups excluding tert-OH is 2. The molecule has 2 saturated heterocycles. The highest BCUT2D eigenvalue weighted by atomic mass is 16.5. The van der Waals surface area contributed by atoms with E-state index in [4.69, 9.17) is 4.74 Å². The van der Waals surface area contributed by atoms with Crippen molar-refractivity contribution in [1.82, 2.24) is 4.90 Å². The van der Waals surface area contributed by atoms with Gasteiger partial charge in [0.1, 0.15) is 6.10 Å². The highest BCUT2D eigenvalue weighted by molar-refractivity contribution is 5.82. The summed E-state index contributed by atoms with van der Waals surface area (Å²) in [6, 6.07) is 0. The van der Waals surface area contributed by atoms with Gasteiger partial charge in [-0.3, -0.25) is 4.79 Å². The van der Waals surface area contributed by atoms with Crippen molar-refractivity contribution in [2.45, 2.75) is 31.7 Å². The molecule has 2 N–H and O–H groups in total. The molecule has 2 aliphatic rings. The van der Waals surface area contributed by atoms with Gasteiger partial charge in [0.15, 0.2) is 0 Å². The Labute approximate surface area is 88.6 Å². The van der Waals surface area contributed by atoms with E-state index in [1.165, 1.54) is 4.90 Å². The van der Waals surface area contributed by atoms with Crippen molar-refractivity contribution in [2.75, 3.05) is 19.7 Å². The Bertz CT molecular complexity index is 248. The van der Waals surface area contributed by atoms with Crippen molar-refractivity contribution in [3.8, 4) is 0 Å². The fourth-order valence-corrected chi connectivity index (χ4v) is 2.14. The zero-order chi connectivity index (χ0) is 11.0. The summed E-state index contributed by atoms with van der Waals surface area (Å²) in [6.07, 6.45) is -1.12. The van der Waals surface area contributed by atoms with Gasteiger partial charge in [-0.25, -0.2) is 0 Å². The van der Waals surface area contributed by atoms with E-state index in [1.54, 1.807) is 0 Å². The quantitative estimate of drug-likeness (QED) is 0.587. The Kier molecular flexibility index (Phi) is 2.95. The van der Waals surface area contributed by atoms with Crippen LogP contribution in [0.3, 0.4) is 0 Å².